The average Bonchev–Trinajstić information content (AvgIpc) is 2.79. The summed E-state index contributed by atoms with van der Waals surface area (Å²) < 4.78 is 13.2. The number of hydrogen-bond donors (Lipinski definition) is 0. The van der Waals surface area contributed by atoms with Gasteiger partial charge in [-0.2, -0.15) is 0 Å². The molecular weight excluding hydrogens is 389 g/mol. The van der Waals surface area contributed by atoms with Crippen molar-refractivity contribution in [1.29, 1.82) is 0 Å². The number of nitro groups is 1. The van der Waals surface area contributed by atoms with E-state index in [2.05, 4.69) is 26.7 Å². The van der Waals surface area contributed by atoms with Crippen molar-refractivity contribution in [2.75, 3.05) is 73.6 Å². The van der Waals surface area contributed by atoms with Gasteiger partial charge in [0.25, 0.3) is 0 Å². The van der Waals surface area contributed by atoms with Crippen LogP contribution in [0.1, 0.15) is 6.92 Å². The molecule has 0 N–H and O–H groups in total. The van der Waals surface area contributed by atoms with Crippen molar-refractivity contribution in [3.63, 3.8) is 0 Å². The first-order chi connectivity index (χ1) is 14.6. The van der Waals surface area contributed by atoms with E-state index in [-0.39, 0.29) is 16.4 Å². The van der Waals surface area contributed by atoms with Gasteiger partial charge >= 0.3 is 5.69 Å². The molecule has 2 fully saturated rings. The van der Waals surface area contributed by atoms with Crippen LogP contribution < -0.4 is 14.7 Å². The second-order valence-corrected chi connectivity index (χ2v) is 7.50. The van der Waals surface area contributed by atoms with Gasteiger partial charge < -0.3 is 19.6 Å². The molecule has 0 aliphatic carbocycles. The summed E-state index contributed by atoms with van der Waals surface area (Å²) in [5.74, 6) is 0.518. The van der Waals surface area contributed by atoms with Crippen LogP contribution in [0.2, 0.25) is 0 Å². The zero-order chi connectivity index (χ0) is 21.1. The lowest BCUT2D eigenvalue weighted by Crippen LogP contribution is -2.48. The molecule has 0 atom stereocenters. The van der Waals surface area contributed by atoms with Gasteiger partial charge in [0.05, 0.1) is 4.92 Å². The van der Waals surface area contributed by atoms with Gasteiger partial charge in [-0.3, -0.25) is 10.1 Å². The van der Waals surface area contributed by atoms with Crippen LogP contribution in [-0.2, 0) is 0 Å². The molecule has 2 aliphatic rings. The molecule has 2 aliphatic heterocycles. The van der Waals surface area contributed by atoms with E-state index in [1.165, 1.54) is 18.5 Å². The van der Waals surface area contributed by atoms with Crippen molar-refractivity contribution in [1.82, 2.24) is 14.9 Å². The Bertz CT molecular complexity index is 879. The molecule has 0 radical (unpaired) electrons. The van der Waals surface area contributed by atoms with Gasteiger partial charge in [-0.25, -0.2) is 14.4 Å². The molecule has 0 amide bonds. The molecule has 30 heavy (non-hydrogen) atoms. The molecule has 3 heterocycles. The quantitative estimate of drug-likeness (QED) is 0.542. The van der Waals surface area contributed by atoms with Gasteiger partial charge in [0.1, 0.15) is 12.1 Å². The Morgan fingerprint density at radius 3 is 1.90 bits per heavy atom. The van der Waals surface area contributed by atoms with Crippen molar-refractivity contribution in [3.05, 3.63) is 46.5 Å². The van der Waals surface area contributed by atoms with Crippen LogP contribution in [0.25, 0.3) is 0 Å². The van der Waals surface area contributed by atoms with E-state index in [9.17, 15) is 14.5 Å². The summed E-state index contributed by atoms with van der Waals surface area (Å²) in [5, 5.41) is 12.0. The van der Waals surface area contributed by atoms with Gasteiger partial charge in [-0.1, -0.05) is 6.92 Å². The normalized spacial score (nSPS) is 18.0. The predicted molar refractivity (Wildman–Crippen MR) is 114 cm³/mol. The number of anilines is 3. The fraction of sp³-hybridized carbons (Fsp3) is 0.500. The number of benzene rings is 1. The molecule has 2 saturated heterocycles. The molecule has 10 heteroatoms. The molecule has 4 rings (SSSR count). The fourth-order valence-corrected chi connectivity index (χ4v) is 4.09. The van der Waals surface area contributed by atoms with Crippen molar-refractivity contribution < 1.29 is 9.31 Å². The topological polar surface area (TPSA) is 81.9 Å². The number of hydrogen-bond acceptors (Lipinski definition) is 8. The van der Waals surface area contributed by atoms with Gasteiger partial charge in [-0.15, -0.1) is 0 Å². The van der Waals surface area contributed by atoms with Gasteiger partial charge in [0, 0.05) is 58.0 Å². The number of aromatic nitrogens is 2. The van der Waals surface area contributed by atoms with Gasteiger partial charge in [-0.05, 0) is 30.8 Å². The summed E-state index contributed by atoms with van der Waals surface area (Å²) in [4.78, 5) is 28.6. The van der Waals surface area contributed by atoms with Crippen molar-refractivity contribution in [3.8, 4) is 0 Å². The largest absolute Gasteiger partial charge is 0.368 e. The van der Waals surface area contributed by atoms with Crippen LogP contribution in [-0.4, -0.2) is 78.7 Å². The van der Waals surface area contributed by atoms with Crippen LogP contribution in [0.15, 0.2) is 30.6 Å². The number of likely N-dealkylation sites (N-methyl/N-ethyl adjacent to an activating group) is 1. The van der Waals surface area contributed by atoms with Crippen LogP contribution in [0.3, 0.4) is 0 Å². The Kier molecular flexibility index (Phi) is 5.93. The first-order valence-corrected chi connectivity index (χ1v) is 10.3. The highest BCUT2D eigenvalue weighted by Gasteiger charge is 2.32. The van der Waals surface area contributed by atoms with Crippen molar-refractivity contribution in [2.24, 2.45) is 0 Å². The highest BCUT2D eigenvalue weighted by Crippen LogP contribution is 2.35. The lowest BCUT2D eigenvalue weighted by molar-refractivity contribution is -0.383. The van der Waals surface area contributed by atoms with Gasteiger partial charge in [0.2, 0.25) is 11.6 Å². The van der Waals surface area contributed by atoms with Crippen molar-refractivity contribution >= 4 is 23.0 Å². The Morgan fingerprint density at radius 2 is 1.40 bits per heavy atom. The second-order valence-electron chi connectivity index (χ2n) is 7.50. The highest BCUT2D eigenvalue weighted by molar-refractivity contribution is 5.71. The second kappa shape index (κ2) is 8.78. The molecule has 0 bridgehead atoms. The van der Waals surface area contributed by atoms with E-state index in [0.29, 0.717) is 50.9 Å². The first kappa shape index (κ1) is 20.3. The van der Waals surface area contributed by atoms with E-state index < -0.39 is 0 Å². The summed E-state index contributed by atoms with van der Waals surface area (Å²) in [6.07, 6.45) is 1.43. The summed E-state index contributed by atoms with van der Waals surface area (Å²) in [7, 11) is 0. The van der Waals surface area contributed by atoms with E-state index >= 15 is 0 Å². The minimum Gasteiger partial charge on any atom is -0.368 e. The zero-order valence-electron chi connectivity index (χ0n) is 17.1. The maximum absolute atomic E-state index is 13.2. The monoisotopic (exact) mass is 415 g/mol. The van der Waals surface area contributed by atoms with E-state index in [1.54, 1.807) is 12.1 Å². The minimum atomic E-state index is -0.358. The summed E-state index contributed by atoms with van der Waals surface area (Å²) in [6.45, 7) is 8.79. The molecule has 0 spiro atoms. The lowest BCUT2D eigenvalue weighted by atomic mass is 10.2. The third kappa shape index (κ3) is 4.13. The molecule has 160 valence electrons. The maximum Gasteiger partial charge on any atom is 0.353 e. The number of halogens is 1. The average molecular weight is 415 g/mol. The maximum atomic E-state index is 13.2. The standard InChI is InChI=1S/C20H26FN7O2/c1-2-24-7-9-26(10-8-24)19-18(28(29)30)20(23-15-22-19)27-13-11-25(12-14-27)17-5-3-16(21)4-6-17/h3-6,15H,2,7-14H2,1H3. The van der Waals surface area contributed by atoms with Gasteiger partial charge in [0.15, 0.2) is 0 Å². The smallest absolute Gasteiger partial charge is 0.353 e. The van der Waals surface area contributed by atoms with Crippen LogP contribution in [0.4, 0.5) is 27.4 Å². The molecule has 1 aromatic carbocycles. The summed E-state index contributed by atoms with van der Waals surface area (Å²) >= 11 is 0. The molecule has 0 saturated carbocycles. The van der Waals surface area contributed by atoms with Crippen LogP contribution in [0.5, 0.6) is 0 Å². The molecule has 9 nitrogen and oxygen atoms in total. The zero-order valence-corrected chi connectivity index (χ0v) is 17.1. The number of rotatable bonds is 5. The van der Waals surface area contributed by atoms with Crippen LogP contribution in [0, 0.1) is 15.9 Å². The Labute approximate surface area is 174 Å². The number of nitrogens with zero attached hydrogens (tertiary/aromatic N) is 7. The SMILES string of the molecule is CCN1CCN(c2ncnc(N3CCN(c4ccc(F)cc4)CC3)c2[N+](=O)[O-])CC1. The summed E-state index contributed by atoms with van der Waals surface area (Å²) in [6, 6.07) is 6.40. The lowest BCUT2D eigenvalue weighted by Gasteiger charge is -2.37. The first-order valence-electron chi connectivity index (χ1n) is 10.3. The molecule has 2 aromatic rings. The predicted octanol–water partition coefficient (Wildman–Crippen LogP) is 1.99. The molecule has 1 aromatic heterocycles. The highest BCUT2D eigenvalue weighted by atomic mass is 19.1. The Balaban J connectivity index is 1.52. The van der Waals surface area contributed by atoms with Crippen molar-refractivity contribution in [2.45, 2.75) is 6.92 Å². The minimum absolute atomic E-state index is 0.0160. The van der Waals surface area contributed by atoms with E-state index in [4.69, 9.17) is 0 Å². The van der Waals surface area contributed by atoms with Crippen LogP contribution >= 0.6 is 0 Å². The van der Waals surface area contributed by atoms with E-state index in [1.807, 2.05) is 9.80 Å². The molecular formula is C20H26FN7O2. The number of piperazine rings is 2. The third-order valence-electron chi connectivity index (χ3n) is 5.86. The summed E-state index contributed by atoms with van der Waals surface area (Å²) in [5.41, 5.74) is 0.931. The Hall–Kier alpha value is -3.01. The third-order valence-corrected chi connectivity index (χ3v) is 5.86. The Morgan fingerprint density at radius 1 is 0.900 bits per heavy atom. The van der Waals surface area contributed by atoms with E-state index in [0.717, 1.165) is 25.3 Å². The fourth-order valence-electron chi connectivity index (χ4n) is 4.09. The molecule has 0 unspecified atom stereocenters.